The molecule has 0 N–H and O–H groups in total. The van der Waals surface area contributed by atoms with Gasteiger partial charge >= 0.3 is 0 Å². The zero-order valence-electron chi connectivity index (χ0n) is 12.7. The lowest BCUT2D eigenvalue weighted by atomic mass is 10.1. The number of hydrogen-bond acceptors (Lipinski definition) is 2. The maximum atomic E-state index is 4.52. The first-order chi connectivity index (χ1) is 10.1. The van der Waals surface area contributed by atoms with Crippen LogP contribution in [0.2, 0.25) is 0 Å². The highest BCUT2D eigenvalue weighted by molar-refractivity contribution is 8.06. The fourth-order valence-corrected chi connectivity index (χ4v) is 1.79. The molecule has 0 saturated heterocycles. The van der Waals surface area contributed by atoms with Crippen LogP contribution in [0.5, 0.6) is 0 Å². The van der Waals surface area contributed by atoms with Crippen molar-refractivity contribution in [3.05, 3.63) is 97.5 Å². The van der Waals surface area contributed by atoms with E-state index < -0.39 is 0 Å². The summed E-state index contributed by atoms with van der Waals surface area (Å²) in [6.45, 7) is 21.0. The zero-order valence-corrected chi connectivity index (χ0v) is 13.5. The predicted molar refractivity (Wildman–Crippen MR) is 100 cm³/mol. The van der Waals surface area contributed by atoms with Crippen molar-refractivity contribution in [2.45, 2.75) is 6.92 Å². The molecule has 0 heterocycles. The van der Waals surface area contributed by atoms with E-state index in [1.165, 1.54) is 11.8 Å². The third kappa shape index (κ3) is 7.95. The van der Waals surface area contributed by atoms with Gasteiger partial charge in [0.05, 0.1) is 5.71 Å². The van der Waals surface area contributed by atoms with E-state index in [1.807, 2.05) is 37.3 Å². The monoisotopic (exact) mass is 297 g/mol. The molecule has 0 rings (SSSR count). The molecule has 0 saturated carbocycles. The standard InChI is InChI=1S/C19H23NS/c1-7-11-13-18(12-8-2)19(17(6)21-10-4)20-15-14-16(5)9-3/h7-16H,1-4,6H2,5H3/b13-11-,15-14-,18-12+,20-19-. The van der Waals surface area contributed by atoms with Gasteiger partial charge in [0.2, 0.25) is 0 Å². The van der Waals surface area contributed by atoms with Crippen molar-refractivity contribution >= 4 is 17.5 Å². The van der Waals surface area contributed by atoms with Gasteiger partial charge in [0.1, 0.15) is 0 Å². The average molecular weight is 297 g/mol. The van der Waals surface area contributed by atoms with Crippen molar-refractivity contribution in [1.82, 2.24) is 0 Å². The molecule has 0 aromatic heterocycles. The number of thioether (sulfide) groups is 1. The Morgan fingerprint density at radius 2 is 1.86 bits per heavy atom. The van der Waals surface area contributed by atoms with Crippen molar-refractivity contribution in [1.29, 1.82) is 0 Å². The van der Waals surface area contributed by atoms with E-state index in [2.05, 4.69) is 37.9 Å². The molecule has 0 fully saturated rings. The van der Waals surface area contributed by atoms with Gasteiger partial charge in [0.15, 0.2) is 0 Å². The Bertz CT molecular complexity index is 516. The molecule has 0 amide bonds. The summed E-state index contributed by atoms with van der Waals surface area (Å²) in [6.07, 6.45) is 14.7. The SMILES string of the molecule is C=C\C=C/C(=C\C=C)C(=N\C=C/C(C)C=C)/C(=C)SC=C. The highest BCUT2D eigenvalue weighted by Crippen LogP contribution is 2.21. The first kappa shape index (κ1) is 18.9. The minimum Gasteiger partial charge on any atom is -0.255 e. The second-order valence-corrected chi connectivity index (χ2v) is 5.14. The minimum atomic E-state index is 0.269. The third-order valence-corrected chi connectivity index (χ3v) is 3.08. The van der Waals surface area contributed by atoms with E-state index in [4.69, 9.17) is 0 Å². The largest absolute Gasteiger partial charge is 0.255 e. The van der Waals surface area contributed by atoms with Gasteiger partial charge in [-0.05, 0) is 11.3 Å². The highest BCUT2D eigenvalue weighted by Gasteiger charge is 2.07. The lowest BCUT2D eigenvalue weighted by Gasteiger charge is -2.08. The highest BCUT2D eigenvalue weighted by atomic mass is 32.2. The van der Waals surface area contributed by atoms with Crippen LogP contribution in [0.25, 0.3) is 0 Å². The van der Waals surface area contributed by atoms with E-state index in [1.54, 1.807) is 23.8 Å². The van der Waals surface area contributed by atoms with Gasteiger partial charge < -0.3 is 0 Å². The second-order valence-electron chi connectivity index (χ2n) is 4.07. The summed E-state index contributed by atoms with van der Waals surface area (Å²) in [5.74, 6) is 0.269. The Morgan fingerprint density at radius 3 is 2.38 bits per heavy atom. The van der Waals surface area contributed by atoms with Crippen LogP contribution in [0.4, 0.5) is 0 Å². The fraction of sp³-hybridized carbons (Fsp3) is 0.105. The topological polar surface area (TPSA) is 12.4 Å². The summed E-state index contributed by atoms with van der Waals surface area (Å²) in [7, 11) is 0. The number of rotatable bonds is 10. The van der Waals surface area contributed by atoms with E-state index in [0.717, 1.165) is 16.2 Å². The van der Waals surface area contributed by atoms with Crippen LogP contribution in [-0.2, 0) is 0 Å². The van der Waals surface area contributed by atoms with Crippen LogP contribution in [0.3, 0.4) is 0 Å². The fourth-order valence-electron chi connectivity index (χ4n) is 1.31. The quantitative estimate of drug-likeness (QED) is 0.273. The normalized spacial score (nSPS) is 14.1. The van der Waals surface area contributed by atoms with Crippen LogP contribution < -0.4 is 0 Å². The van der Waals surface area contributed by atoms with Gasteiger partial charge in [-0.3, -0.25) is 4.99 Å². The molecule has 0 bridgehead atoms. The minimum absolute atomic E-state index is 0.269. The van der Waals surface area contributed by atoms with Gasteiger partial charge in [-0.15, -0.1) is 6.58 Å². The Hall–Kier alpha value is -2.06. The Kier molecular flexibility index (Phi) is 10.6. The van der Waals surface area contributed by atoms with Gasteiger partial charge in [-0.25, -0.2) is 0 Å². The molecule has 0 aromatic rings. The average Bonchev–Trinajstić information content (AvgIpc) is 2.48. The number of hydrogen-bond donors (Lipinski definition) is 0. The molecule has 2 heteroatoms. The van der Waals surface area contributed by atoms with Gasteiger partial charge in [0, 0.05) is 16.7 Å². The molecule has 1 unspecified atom stereocenters. The molecular formula is C19H23NS. The van der Waals surface area contributed by atoms with Crippen molar-refractivity contribution in [3.63, 3.8) is 0 Å². The van der Waals surface area contributed by atoms with Gasteiger partial charge in [-0.1, -0.05) is 87.5 Å². The lowest BCUT2D eigenvalue weighted by Crippen LogP contribution is -2.01. The van der Waals surface area contributed by atoms with Crippen LogP contribution in [0, 0.1) is 5.92 Å². The Morgan fingerprint density at radius 1 is 1.14 bits per heavy atom. The summed E-state index contributed by atoms with van der Waals surface area (Å²) < 4.78 is 0. The van der Waals surface area contributed by atoms with Gasteiger partial charge in [0.25, 0.3) is 0 Å². The van der Waals surface area contributed by atoms with Crippen molar-refractivity contribution in [3.8, 4) is 0 Å². The number of allylic oxidation sites excluding steroid dienone is 9. The van der Waals surface area contributed by atoms with Crippen molar-refractivity contribution < 1.29 is 0 Å². The Labute approximate surface area is 133 Å². The summed E-state index contributed by atoms with van der Waals surface area (Å²) in [6, 6.07) is 0. The maximum Gasteiger partial charge on any atom is 0.0834 e. The molecular weight excluding hydrogens is 274 g/mol. The molecule has 110 valence electrons. The summed E-state index contributed by atoms with van der Waals surface area (Å²) in [5, 5.41) is 1.73. The molecule has 0 aromatic carbocycles. The van der Waals surface area contributed by atoms with Gasteiger partial charge in [-0.2, -0.15) is 0 Å². The van der Waals surface area contributed by atoms with Crippen LogP contribution in [-0.4, -0.2) is 5.71 Å². The zero-order chi connectivity index (χ0) is 16.1. The Balaban J connectivity index is 5.61. The number of nitrogens with zero attached hydrogens (tertiary/aromatic N) is 1. The molecule has 0 aliphatic rings. The molecule has 0 spiro atoms. The van der Waals surface area contributed by atoms with Crippen molar-refractivity contribution in [2.75, 3.05) is 0 Å². The van der Waals surface area contributed by atoms with Crippen LogP contribution >= 0.6 is 11.8 Å². The molecule has 0 aliphatic heterocycles. The van der Waals surface area contributed by atoms with Crippen LogP contribution in [0.15, 0.2) is 103 Å². The van der Waals surface area contributed by atoms with E-state index in [9.17, 15) is 0 Å². The molecule has 1 nitrogen and oxygen atoms in total. The summed E-state index contributed by atoms with van der Waals surface area (Å²) >= 11 is 1.44. The smallest absolute Gasteiger partial charge is 0.0834 e. The van der Waals surface area contributed by atoms with E-state index >= 15 is 0 Å². The third-order valence-electron chi connectivity index (χ3n) is 2.44. The van der Waals surface area contributed by atoms with Crippen molar-refractivity contribution in [2.24, 2.45) is 10.9 Å². The molecule has 21 heavy (non-hydrogen) atoms. The van der Waals surface area contributed by atoms with E-state index in [-0.39, 0.29) is 5.92 Å². The first-order valence-corrected chi connectivity index (χ1v) is 7.44. The predicted octanol–water partition coefficient (Wildman–Crippen LogP) is 6.01. The number of aliphatic imine (C=N–C) groups is 1. The maximum absolute atomic E-state index is 4.52. The lowest BCUT2D eigenvalue weighted by molar-refractivity contribution is 0.940. The molecule has 1 atom stereocenters. The van der Waals surface area contributed by atoms with Crippen LogP contribution in [0.1, 0.15) is 6.92 Å². The summed E-state index contributed by atoms with van der Waals surface area (Å²) in [4.78, 5) is 5.34. The molecule has 0 radical (unpaired) electrons. The molecule has 0 aliphatic carbocycles. The second kappa shape index (κ2) is 11.7. The summed E-state index contributed by atoms with van der Waals surface area (Å²) in [5.41, 5.74) is 1.70. The van der Waals surface area contributed by atoms with E-state index in [0.29, 0.717) is 0 Å². The first-order valence-electron chi connectivity index (χ1n) is 6.56.